The third-order valence-electron chi connectivity index (χ3n) is 6.57. The summed E-state index contributed by atoms with van der Waals surface area (Å²) in [7, 11) is 1.44. The number of anilines is 2. The fraction of sp³-hybridized carbons (Fsp3) is 0.462. The van der Waals surface area contributed by atoms with Crippen LogP contribution in [0, 0.1) is 11.3 Å². The van der Waals surface area contributed by atoms with E-state index in [1.165, 1.54) is 22.9 Å². The molecule has 1 aliphatic rings. The predicted octanol–water partition coefficient (Wildman–Crippen LogP) is 5.80. The molecule has 0 unspecified atom stereocenters. The van der Waals surface area contributed by atoms with Crippen molar-refractivity contribution in [3.05, 3.63) is 58.4 Å². The molecule has 1 amide bonds. The van der Waals surface area contributed by atoms with Gasteiger partial charge < -0.3 is 9.64 Å². The Hall–Kier alpha value is -4.42. The highest BCUT2D eigenvalue weighted by Crippen LogP contribution is 2.44. The van der Waals surface area contributed by atoms with Crippen LogP contribution in [0.15, 0.2) is 30.3 Å². The molecule has 224 valence electrons. The number of carbonyl (C=O) groups excluding carboxylic acids is 1. The highest BCUT2D eigenvalue weighted by atomic mass is 19.4. The standard InChI is InChI=1S/C26H26F6N8O2/c1-5-18-11-20(22-19(40(18)24(41)42-14(2)3)6-7-21(34-22)26(30,31)32)39(23-35-37-38(4)36-23)13-16-8-15(12-33)9-17(10-16)25(27,28)29/h6-10,14,18,20H,5,11,13H2,1-4H3/t18-,20-/m1/s1. The van der Waals surface area contributed by atoms with Gasteiger partial charge in [-0.1, -0.05) is 12.0 Å². The van der Waals surface area contributed by atoms with E-state index in [2.05, 4.69) is 20.4 Å². The second-order valence-electron chi connectivity index (χ2n) is 9.95. The number of ether oxygens (including phenoxy) is 1. The lowest BCUT2D eigenvalue weighted by Crippen LogP contribution is -2.49. The summed E-state index contributed by atoms with van der Waals surface area (Å²) in [4.78, 5) is 20.7. The van der Waals surface area contributed by atoms with Crippen LogP contribution in [-0.2, 0) is 30.7 Å². The lowest BCUT2D eigenvalue weighted by molar-refractivity contribution is -0.141. The summed E-state index contributed by atoms with van der Waals surface area (Å²) in [5.74, 6) is -0.100. The first-order chi connectivity index (χ1) is 19.6. The van der Waals surface area contributed by atoms with Crippen LogP contribution in [0.3, 0.4) is 0 Å². The van der Waals surface area contributed by atoms with Crippen LogP contribution in [0.1, 0.15) is 67.7 Å². The van der Waals surface area contributed by atoms with Gasteiger partial charge in [0.25, 0.3) is 5.95 Å². The second-order valence-corrected chi connectivity index (χ2v) is 9.95. The minimum atomic E-state index is -4.83. The van der Waals surface area contributed by atoms with Crippen LogP contribution in [0.25, 0.3) is 0 Å². The molecule has 0 radical (unpaired) electrons. The molecule has 0 saturated carbocycles. The quantitative estimate of drug-likeness (QED) is 0.329. The van der Waals surface area contributed by atoms with Crippen molar-refractivity contribution in [2.45, 2.75) is 70.7 Å². The second kappa shape index (κ2) is 11.5. The number of pyridine rings is 1. The van der Waals surface area contributed by atoms with Crippen molar-refractivity contribution < 1.29 is 35.9 Å². The maximum absolute atomic E-state index is 13.8. The summed E-state index contributed by atoms with van der Waals surface area (Å²) in [5.41, 5.74) is -2.66. The summed E-state index contributed by atoms with van der Waals surface area (Å²) in [5, 5.41) is 21.3. The third-order valence-corrected chi connectivity index (χ3v) is 6.57. The average molecular weight is 597 g/mol. The summed E-state index contributed by atoms with van der Waals surface area (Å²) in [6, 6.07) is 4.73. The van der Waals surface area contributed by atoms with Gasteiger partial charge in [-0.05, 0) is 67.8 Å². The van der Waals surface area contributed by atoms with Gasteiger partial charge in [-0.15, -0.1) is 5.10 Å². The Balaban J connectivity index is 1.91. The highest BCUT2D eigenvalue weighted by Gasteiger charge is 2.43. The van der Waals surface area contributed by atoms with Crippen molar-refractivity contribution in [1.29, 1.82) is 5.26 Å². The Morgan fingerprint density at radius 3 is 2.43 bits per heavy atom. The molecular formula is C26H26F6N8O2. The zero-order valence-corrected chi connectivity index (χ0v) is 22.9. The van der Waals surface area contributed by atoms with E-state index in [9.17, 15) is 36.4 Å². The Bertz CT molecular complexity index is 1500. The third kappa shape index (κ3) is 6.39. The highest BCUT2D eigenvalue weighted by molar-refractivity contribution is 5.90. The van der Waals surface area contributed by atoms with Crippen LogP contribution >= 0.6 is 0 Å². The van der Waals surface area contributed by atoms with Gasteiger partial charge >= 0.3 is 18.4 Å². The summed E-state index contributed by atoms with van der Waals surface area (Å²) in [6.45, 7) is 4.68. The van der Waals surface area contributed by atoms with Gasteiger partial charge in [-0.3, -0.25) is 4.90 Å². The van der Waals surface area contributed by atoms with Gasteiger partial charge in [0.2, 0.25) is 0 Å². The number of aromatic nitrogens is 5. The summed E-state index contributed by atoms with van der Waals surface area (Å²) in [6.07, 6.45) is -10.5. The van der Waals surface area contributed by atoms with Gasteiger partial charge in [0.15, 0.2) is 0 Å². The smallest absolute Gasteiger partial charge is 0.433 e. The van der Waals surface area contributed by atoms with E-state index in [1.807, 2.05) is 0 Å². The summed E-state index contributed by atoms with van der Waals surface area (Å²) < 4.78 is 87.7. The van der Waals surface area contributed by atoms with Crippen molar-refractivity contribution >= 4 is 17.7 Å². The number of tetrazole rings is 1. The van der Waals surface area contributed by atoms with E-state index in [4.69, 9.17) is 4.74 Å². The molecule has 2 atom stereocenters. The van der Waals surface area contributed by atoms with E-state index < -0.39 is 47.9 Å². The topological polar surface area (TPSA) is 113 Å². The first-order valence-corrected chi connectivity index (χ1v) is 12.8. The van der Waals surface area contributed by atoms with Crippen LogP contribution in [-0.4, -0.2) is 43.4 Å². The Morgan fingerprint density at radius 2 is 1.88 bits per heavy atom. The number of rotatable bonds is 6. The van der Waals surface area contributed by atoms with Crippen LogP contribution in [0.5, 0.6) is 0 Å². The number of benzene rings is 1. The zero-order chi connectivity index (χ0) is 31.0. The molecule has 3 aromatic rings. The molecule has 2 aromatic heterocycles. The number of halogens is 6. The van der Waals surface area contributed by atoms with Crippen molar-refractivity contribution in [3.63, 3.8) is 0 Å². The number of hydrogen-bond acceptors (Lipinski definition) is 8. The molecule has 1 aromatic carbocycles. The SMILES string of the molecule is CC[C@@H]1C[C@@H](N(Cc2cc(C#N)cc(C(F)(F)F)c2)c2nnn(C)n2)c2nc(C(F)(F)F)ccc2N1C(=O)OC(C)C. The normalized spacial score (nSPS) is 17.1. The van der Waals surface area contributed by atoms with Crippen LogP contribution in [0.2, 0.25) is 0 Å². The van der Waals surface area contributed by atoms with Gasteiger partial charge in [0.1, 0.15) is 5.69 Å². The first kappa shape index (κ1) is 30.5. The number of carbonyl (C=O) groups is 1. The molecule has 0 aliphatic carbocycles. The lowest BCUT2D eigenvalue weighted by Gasteiger charge is -2.43. The van der Waals surface area contributed by atoms with Gasteiger partial charge in [0, 0.05) is 12.6 Å². The molecule has 0 bridgehead atoms. The van der Waals surface area contributed by atoms with E-state index in [-0.39, 0.29) is 41.4 Å². The molecule has 10 nitrogen and oxygen atoms in total. The molecule has 42 heavy (non-hydrogen) atoms. The average Bonchev–Trinajstić information content (AvgIpc) is 3.34. The minimum absolute atomic E-state index is 0.00727. The largest absolute Gasteiger partial charge is 0.446 e. The number of nitriles is 1. The van der Waals surface area contributed by atoms with Crippen LogP contribution in [0.4, 0.5) is 42.8 Å². The Labute approximate surface area is 236 Å². The molecule has 0 N–H and O–H groups in total. The molecule has 4 rings (SSSR count). The van der Waals surface area contributed by atoms with Gasteiger partial charge in [-0.2, -0.15) is 36.4 Å². The van der Waals surface area contributed by atoms with E-state index in [0.717, 1.165) is 23.0 Å². The fourth-order valence-corrected chi connectivity index (χ4v) is 4.79. The van der Waals surface area contributed by atoms with E-state index in [1.54, 1.807) is 26.8 Å². The van der Waals surface area contributed by atoms with E-state index in [0.29, 0.717) is 12.5 Å². The fourth-order valence-electron chi connectivity index (χ4n) is 4.79. The maximum Gasteiger partial charge on any atom is 0.433 e. The molecule has 16 heteroatoms. The van der Waals surface area contributed by atoms with Crippen molar-refractivity contribution in [3.8, 4) is 6.07 Å². The molecule has 0 spiro atoms. The van der Waals surface area contributed by atoms with Crippen molar-refractivity contribution in [2.75, 3.05) is 9.80 Å². The van der Waals surface area contributed by atoms with Crippen molar-refractivity contribution in [1.82, 2.24) is 25.2 Å². The molecule has 3 heterocycles. The predicted molar refractivity (Wildman–Crippen MR) is 136 cm³/mol. The van der Waals surface area contributed by atoms with Crippen LogP contribution < -0.4 is 9.80 Å². The number of fused-ring (bicyclic) bond motifs is 1. The number of alkyl halides is 6. The van der Waals surface area contributed by atoms with E-state index >= 15 is 0 Å². The lowest BCUT2D eigenvalue weighted by atomic mass is 9.91. The van der Waals surface area contributed by atoms with Crippen molar-refractivity contribution in [2.24, 2.45) is 7.05 Å². The Morgan fingerprint density at radius 1 is 1.17 bits per heavy atom. The first-order valence-electron chi connectivity index (χ1n) is 12.8. The molecule has 0 saturated heterocycles. The number of aryl methyl sites for hydroxylation is 1. The monoisotopic (exact) mass is 596 g/mol. The van der Waals surface area contributed by atoms with Gasteiger partial charge in [0.05, 0.1) is 47.8 Å². The number of nitrogens with zero attached hydrogens (tertiary/aromatic N) is 8. The number of amides is 1. The Kier molecular flexibility index (Phi) is 8.33. The molecule has 1 aliphatic heterocycles. The molecular weight excluding hydrogens is 570 g/mol. The molecule has 0 fully saturated rings. The zero-order valence-electron chi connectivity index (χ0n) is 22.9. The minimum Gasteiger partial charge on any atom is -0.446 e. The summed E-state index contributed by atoms with van der Waals surface area (Å²) >= 11 is 0. The number of hydrogen-bond donors (Lipinski definition) is 0. The maximum atomic E-state index is 13.8. The van der Waals surface area contributed by atoms with Gasteiger partial charge in [-0.25, -0.2) is 9.78 Å².